The van der Waals surface area contributed by atoms with Gasteiger partial charge in [0, 0.05) is 37.7 Å². The number of nitrogens with one attached hydrogen (secondary N) is 1. The van der Waals surface area contributed by atoms with Crippen LogP contribution in [0.4, 0.5) is 13.6 Å². The van der Waals surface area contributed by atoms with Crippen LogP contribution in [0.1, 0.15) is 37.3 Å². The van der Waals surface area contributed by atoms with Crippen LogP contribution < -0.4 is 15.8 Å². The van der Waals surface area contributed by atoms with E-state index in [-0.39, 0.29) is 11.7 Å². The molecule has 3 saturated heterocycles. The Morgan fingerprint density at radius 2 is 1.88 bits per heavy atom. The Hall–Kier alpha value is -2.63. The zero-order chi connectivity index (χ0) is 23.5. The predicted octanol–water partition coefficient (Wildman–Crippen LogP) is 1.59. The molecule has 0 bridgehead atoms. The number of hydrogen-bond donors (Lipinski definition) is 2. The molecule has 3 fully saturated rings. The van der Waals surface area contributed by atoms with E-state index >= 15 is 4.39 Å². The molecule has 33 heavy (non-hydrogen) atoms. The van der Waals surface area contributed by atoms with Crippen molar-refractivity contribution in [3.05, 3.63) is 29.6 Å². The van der Waals surface area contributed by atoms with Crippen LogP contribution in [-0.2, 0) is 19.1 Å². The van der Waals surface area contributed by atoms with E-state index in [2.05, 4.69) is 5.32 Å². The lowest BCUT2D eigenvalue weighted by Gasteiger charge is -2.37. The summed E-state index contributed by atoms with van der Waals surface area (Å²) in [4.78, 5) is 38.5. The molecule has 3 N–H and O–H groups in total. The molecule has 0 saturated carbocycles. The SMILES string of the molecule is N[C@@H](c1cc(OC2CCOC2)ccc1F)[C@@H](F)CC1C(=O)NC(=O)N(C2CCOCC2)C1=O. The number of barbiturate groups is 1. The maximum Gasteiger partial charge on any atom is 0.331 e. The maximum absolute atomic E-state index is 15.2. The molecule has 1 aromatic rings. The highest BCUT2D eigenvalue weighted by atomic mass is 19.1. The second kappa shape index (κ2) is 10.1. The fourth-order valence-electron chi connectivity index (χ4n) is 4.35. The van der Waals surface area contributed by atoms with Crippen molar-refractivity contribution in [1.29, 1.82) is 0 Å². The number of nitrogens with two attached hydrogens (primary N) is 1. The summed E-state index contributed by atoms with van der Waals surface area (Å²) in [6.45, 7) is 1.73. The smallest absolute Gasteiger partial charge is 0.331 e. The third-order valence-electron chi connectivity index (χ3n) is 6.22. The highest BCUT2D eigenvalue weighted by Gasteiger charge is 2.45. The summed E-state index contributed by atoms with van der Waals surface area (Å²) in [6, 6.07) is 1.19. The van der Waals surface area contributed by atoms with Gasteiger partial charge in [0.05, 0.1) is 19.3 Å². The molecule has 0 radical (unpaired) electrons. The van der Waals surface area contributed by atoms with Crippen LogP contribution in [0.3, 0.4) is 0 Å². The number of benzene rings is 1. The Morgan fingerprint density at radius 3 is 2.58 bits per heavy atom. The van der Waals surface area contributed by atoms with Crippen LogP contribution in [-0.4, -0.2) is 67.5 Å². The van der Waals surface area contributed by atoms with Gasteiger partial charge in [-0.3, -0.25) is 19.8 Å². The topological polar surface area (TPSA) is 120 Å². The summed E-state index contributed by atoms with van der Waals surface area (Å²) >= 11 is 0. The van der Waals surface area contributed by atoms with Crippen molar-refractivity contribution in [3.63, 3.8) is 0 Å². The lowest BCUT2D eigenvalue weighted by molar-refractivity contribution is -0.146. The normalized spacial score (nSPS) is 26.3. The van der Waals surface area contributed by atoms with Gasteiger partial charge < -0.3 is 19.9 Å². The number of carbonyl (C=O) groups is 3. The molecule has 3 aliphatic rings. The summed E-state index contributed by atoms with van der Waals surface area (Å²) in [5, 5.41) is 2.13. The van der Waals surface area contributed by atoms with Crippen molar-refractivity contribution in [2.24, 2.45) is 11.7 Å². The molecule has 3 aliphatic heterocycles. The molecule has 3 heterocycles. The van der Waals surface area contributed by atoms with Gasteiger partial charge in [0.1, 0.15) is 29.8 Å². The quantitative estimate of drug-likeness (QED) is 0.585. The number of hydrogen-bond acceptors (Lipinski definition) is 7. The zero-order valence-corrected chi connectivity index (χ0v) is 18.0. The monoisotopic (exact) mass is 467 g/mol. The number of halogens is 2. The second-order valence-electron chi connectivity index (χ2n) is 8.46. The van der Waals surface area contributed by atoms with Crippen LogP contribution in [0.5, 0.6) is 5.75 Å². The first-order chi connectivity index (χ1) is 15.8. The third kappa shape index (κ3) is 5.15. The lowest BCUT2D eigenvalue weighted by atomic mass is 9.91. The van der Waals surface area contributed by atoms with Gasteiger partial charge in [-0.1, -0.05) is 0 Å². The van der Waals surface area contributed by atoms with Crippen molar-refractivity contribution in [1.82, 2.24) is 10.2 Å². The lowest BCUT2D eigenvalue weighted by Crippen LogP contribution is -2.62. The van der Waals surface area contributed by atoms with Gasteiger partial charge in [0.2, 0.25) is 11.8 Å². The molecular formula is C22H27F2N3O6. The van der Waals surface area contributed by atoms with E-state index in [4.69, 9.17) is 19.9 Å². The summed E-state index contributed by atoms with van der Waals surface area (Å²) in [6.07, 6.45) is -1.14. The Balaban J connectivity index is 1.46. The predicted molar refractivity (Wildman–Crippen MR) is 110 cm³/mol. The van der Waals surface area contributed by atoms with Crippen LogP contribution in [0.25, 0.3) is 0 Å². The molecule has 180 valence electrons. The van der Waals surface area contributed by atoms with Gasteiger partial charge in [-0.2, -0.15) is 0 Å². The molecule has 0 spiro atoms. The van der Waals surface area contributed by atoms with Crippen molar-refractivity contribution >= 4 is 17.8 Å². The molecule has 2 unspecified atom stereocenters. The molecule has 9 nitrogen and oxygen atoms in total. The van der Waals surface area contributed by atoms with E-state index in [1.165, 1.54) is 12.1 Å². The Labute approximate surface area is 189 Å². The zero-order valence-electron chi connectivity index (χ0n) is 18.0. The Morgan fingerprint density at radius 1 is 1.15 bits per heavy atom. The standard InChI is InChI=1S/C22H27F2N3O6/c23-17-2-1-13(33-14-5-8-32-11-14)9-15(17)19(25)18(24)10-16-20(28)26-22(30)27(21(16)29)12-3-6-31-7-4-12/h1-2,9,12,14,16,18-19H,3-8,10-11,25H2,(H,26,28,30)/t14?,16?,18-,19-/m0/s1. The molecule has 4 rings (SSSR count). The molecule has 11 heteroatoms. The van der Waals surface area contributed by atoms with E-state index in [0.29, 0.717) is 51.4 Å². The molecule has 1 aromatic carbocycles. The minimum absolute atomic E-state index is 0.125. The van der Waals surface area contributed by atoms with E-state index in [9.17, 15) is 18.8 Å². The number of carbonyl (C=O) groups excluding carboxylic acids is 3. The summed E-state index contributed by atoms with van der Waals surface area (Å²) in [5.74, 6) is -3.50. The molecule has 4 atom stereocenters. The van der Waals surface area contributed by atoms with Crippen LogP contribution >= 0.6 is 0 Å². The van der Waals surface area contributed by atoms with Crippen LogP contribution in [0.15, 0.2) is 18.2 Å². The number of ether oxygens (including phenoxy) is 3. The number of alkyl halides is 1. The summed E-state index contributed by atoms with van der Waals surface area (Å²) < 4.78 is 45.9. The average molecular weight is 467 g/mol. The van der Waals surface area contributed by atoms with Gasteiger partial charge in [-0.15, -0.1) is 0 Å². The van der Waals surface area contributed by atoms with Crippen molar-refractivity contribution in [3.8, 4) is 5.75 Å². The second-order valence-corrected chi connectivity index (χ2v) is 8.46. The van der Waals surface area contributed by atoms with Gasteiger partial charge in [0.25, 0.3) is 0 Å². The van der Waals surface area contributed by atoms with Gasteiger partial charge in [-0.25, -0.2) is 13.6 Å². The number of amides is 4. The van der Waals surface area contributed by atoms with E-state index in [1.807, 2.05) is 0 Å². The minimum Gasteiger partial charge on any atom is -0.488 e. The first-order valence-electron chi connectivity index (χ1n) is 11.0. The summed E-state index contributed by atoms with van der Waals surface area (Å²) in [5.41, 5.74) is 5.87. The first-order valence-corrected chi connectivity index (χ1v) is 11.0. The molecule has 4 amide bonds. The van der Waals surface area contributed by atoms with Crippen LogP contribution in [0.2, 0.25) is 0 Å². The average Bonchev–Trinajstić information content (AvgIpc) is 3.31. The highest BCUT2D eigenvalue weighted by Crippen LogP contribution is 2.31. The largest absolute Gasteiger partial charge is 0.488 e. The van der Waals surface area contributed by atoms with Crippen molar-refractivity contribution in [2.45, 2.75) is 50.0 Å². The van der Waals surface area contributed by atoms with E-state index in [0.717, 1.165) is 11.0 Å². The summed E-state index contributed by atoms with van der Waals surface area (Å²) in [7, 11) is 0. The number of nitrogens with zero attached hydrogens (tertiary/aromatic N) is 1. The van der Waals surface area contributed by atoms with Crippen LogP contribution in [0, 0.1) is 11.7 Å². The van der Waals surface area contributed by atoms with Gasteiger partial charge in [-0.05, 0) is 31.0 Å². The number of urea groups is 1. The first kappa shape index (κ1) is 23.5. The third-order valence-corrected chi connectivity index (χ3v) is 6.22. The number of imide groups is 2. The Bertz CT molecular complexity index is 904. The molecule has 0 aromatic heterocycles. The molecular weight excluding hydrogens is 440 g/mol. The number of rotatable bonds is 7. The molecule has 0 aliphatic carbocycles. The fourth-order valence-corrected chi connectivity index (χ4v) is 4.35. The van der Waals surface area contributed by atoms with E-state index < -0.39 is 54.3 Å². The fraction of sp³-hybridized carbons (Fsp3) is 0.591. The van der Waals surface area contributed by atoms with E-state index in [1.54, 1.807) is 0 Å². The minimum atomic E-state index is -1.92. The van der Waals surface area contributed by atoms with Crippen molar-refractivity contribution in [2.75, 3.05) is 26.4 Å². The van der Waals surface area contributed by atoms with Gasteiger partial charge >= 0.3 is 6.03 Å². The van der Waals surface area contributed by atoms with Gasteiger partial charge in [0.15, 0.2) is 0 Å². The Kier molecular flexibility index (Phi) is 7.20. The highest BCUT2D eigenvalue weighted by molar-refractivity contribution is 6.16. The van der Waals surface area contributed by atoms with Crippen molar-refractivity contribution < 1.29 is 37.4 Å². The maximum atomic E-state index is 15.2.